The van der Waals surface area contributed by atoms with E-state index in [0.717, 1.165) is 0 Å². The lowest BCUT2D eigenvalue weighted by Gasteiger charge is -2.26. The molecule has 0 aliphatic carbocycles. The van der Waals surface area contributed by atoms with E-state index in [1.807, 2.05) is 13.8 Å². The summed E-state index contributed by atoms with van der Waals surface area (Å²) in [5.74, 6) is -0.629. The van der Waals surface area contributed by atoms with Gasteiger partial charge in [-0.3, -0.25) is 4.79 Å². The Labute approximate surface area is 109 Å². The number of methoxy groups -OCH3 is 1. The van der Waals surface area contributed by atoms with Gasteiger partial charge in [-0.05, 0) is 26.7 Å². The SMILES string of the molecule is COCCC(=O)N[C@H](C(=O)OC(C)(C)C)C(C)C. The lowest BCUT2D eigenvalue weighted by molar-refractivity contribution is -0.160. The number of nitrogens with one attached hydrogen (secondary N) is 1. The molecule has 0 aliphatic heterocycles. The Balaban J connectivity index is 4.48. The molecule has 0 aromatic carbocycles. The van der Waals surface area contributed by atoms with Crippen LogP contribution in [0.5, 0.6) is 0 Å². The summed E-state index contributed by atoms with van der Waals surface area (Å²) < 4.78 is 10.1. The van der Waals surface area contributed by atoms with Gasteiger partial charge in [0.05, 0.1) is 6.61 Å². The number of ether oxygens (including phenoxy) is 2. The molecular formula is C13H25NO4. The Bertz CT molecular complexity index is 281. The van der Waals surface area contributed by atoms with Crippen molar-refractivity contribution in [3.63, 3.8) is 0 Å². The maximum absolute atomic E-state index is 11.9. The molecule has 0 heterocycles. The van der Waals surface area contributed by atoms with E-state index in [2.05, 4.69) is 5.32 Å². The van der Waals surface area contributed by atoms with Crippen LogP contribution >= 0.6 is 0 Å². The van der Waals surface area contributed by atoms with Gasteiger partial charge in [-0.2, -0.15) is 0 Å². The van der Waals surface area contributed by atoms with Crippen LogP contribution in [0.2, 0.25) is 0 Å². The average molecular weight is 259 g/mol. The van der Waals surface area contributed by atoms with Gasteiger partial charge in [-0.25, -0.2) is 4.79 Å². The molecule has 0 spiro atoms. The minimum absolute atomic E-state index is 0.0219. The van der Waals surface area contributed by atoms with Crippen molar-refractivity contribution >= 4 is 11.9 Å². The summed E-state index contributed by atoms with van der Waals surface area (Å²) in [5.41, 5.74) is -0.554. The second kappa shape index (κ2) is 7.36. The van der Waals surface area contributed by atoms with Crippen LogP contribution in [0.15, 0.2) is 0 Å². The highest BCUT2D eigenvalue weighted by atomic mass is 16.6. The average Bonchev–Trinajstić information content (AvgIpc) is 2.19. The molecular weight excluding hydrogens is 234 g/mol. The normalized spacial score (nSPS) is 13.3. The Morgan fingerprint density at radius 2 is 1.78 bits per heavy atom. The highest BCUT2D eigenvalue weighted by Gasteiger charge is 2.28. The Kier molecular flexibility index (Phi) is 6.91. The van der Waals surface area contributed by atoms with E-state index >= 15 is 0 Å². The van der Waals surface area contributed by atoms with Gasteiger partial charge in [-0.15, -0.1) is 0 Å². The highest BCUT2D eigenvalue weighted by molar-refractivity contribution is 5.84. The fourth-order valence-electron chi connectivity index (χ4n) is 1.30. The van der Waals surface area contributed by atoms with Crippen molar-refractivity contribution < 1.29 is 19.1 Å². The van der Waals surface area contributed by atoms with E-state index in [0.29, 0.717) is 6.61 Å². The third-order valence-electron chi connectivity index (χ3n) is 2.18. The molecule has 1 N–H and O–H groups in total. The first kappa shape index (κ1) is 16.9. The first-order chi connectivity index (χ1) is 8.17. The van der Waals surface area contributed by atoms with Crippen molar-refractivity contribution in [3.05, 3.63) is 0 Å². The third-order valence-corrected chi connectivity index (χ3v) is 2.18. The van der Waals surface area contributed by atoms with E-state index in [1.54, 1.807) is 20.8 Å². The topological polar surface area (TPSA) is 64.6 Å². The van der Waals surface area contributed by atoms with Crippen molar-refractivity contribution in [3.8, 4) is 0 Å². The van der Waals surface area contributed by atoms with Crippen molar-refractivity contribution in [2.75, 3.05) is 13.7 Å². The molecule has 0 aromatic heterocycles. The van der Waals surface area contributed by atoms with Gasteiger partial charge < -0.3 is 14.8 Å². The number of hydrogen-bond acceptors (Lipinski definition) is 4. The van der Waals surface area contributed by atoms with Gasteiger partial charge in [-0.1, -0.05) is 13.8 Å². The molecule has 0 aliphatic rings. The lowest BCUT2D eigenvalue weighted by Crippen LogP contribution is -2.47. The zero-order valence-electron chi connectivity index (χ0n) is 12.2. The van der Waals surface area contributed by atoms with Gasteiger partial charge in [0, 0.05) is 13.5 Å². The molecule has 5 heteroatoms. The number of carbonyl (C=O) groups excluding carboxylic acids is 2. The van der Waals surface area contributed by atoms with Crippen molar-refractivity contribution in [1.82, 2.24) is 5.32 Å². The van der Waals surface area contributed by atoms with Gasteiger partial charge in [0.2, 0.25) is 5.91 Å². The van der Waals surface area contributed by atoms with E-state index in [1.165, 1.54) is 7.11 Å². The standard InChI is InChI=1S/C13H25NO4/c1-9(2)11(12(16)18-13(3,4)5)14-10(15)7-8-17-6/h9,11H,7-8H2,1-6H3,(H,14,15)/t11-/m0/s1. The smallest absolute Gasteiger partial charge is 0.329 e. The second-order valence-corrected chi connectivity index (χ2v) is 5.57. The van der Waals surface area contributed by atoms with Crippen LogP contribution in [0, 0.1) is 5.92 Å². The van der Waals surface area contributed by atoms with Gasteiger partial charge in [0.25, 0.3) is 0 Å². The molecule has 0 aromatic rings. The van der Waals surface area contributed by atoms with Crippen molar-refractivity contribution in [2.24, 2.45) is 5.92 Å². The van der Waals surface area contributed by atoms with Crippen LogP contribution < -0.4 is 5.32 Å². The summed E-state index contributed by atoms with van der Waals surface area (Å²) in [6.07, 6.45) is 0.239. The lowest BCUT2D eigenvalue weighted by atomic mass is 10.0. The maximum atomic E-state index is 11.9. The third kappa shape index (κ3) is 7.27. The number of amides is 1. The molecule has 0 bridgehead atoms. The van der Waals surface area contributed by atoms with Crippen LogP contribution in [0.1, 0.15) is 41.0 Å². The molecule has 0 saturated carbocycles. The fourth-order valence-corrected chi connectivity index (χ4v) is 1.30. The quantitative estimate of drug-likeness (QED) is 0.734. The zero-order chi connectivity index (χ0) is 14.3. The molecule has 5 nitrogen and oxygen atoms in total. The first-order valence-corrected chi connectivity index (χ1v) is 6.18. The van der Waals surface area contributed by atoms with Crippen LogP contribution in [-0.4, -0.2) is 37.2 Å². The monoisotopic (exact) mass is 259 g/mol. The molecule has 0 unspecified atom stereocenters. The predicted octanol–water partition coefficient (Wildman–Crippen LogP) is 1.51. The number of carbonyl (C=O) groups is 2. The minimum atomic E-state index is -0.617. The zero-order valence-corrected chi connectivity index (χ0v) is 12.2. The van der Waals surface area contributed by atoms with E-state index in [9.17, 15) is 9.59 Å². The summed E-state index contributed by atoms with van der Waals surface area (Å²) >= 11 is 0. The Hall–Kier alpha value is -1.10. The molecule has 0 fully saturated rings. The summed E-state index contributed by atoms with van der Waals surface area (Å²) in [4.78, 5) is 23.5. The second-order valence-electron chi connectivity index (χ2n) is 5.57. The molecule has 106 valence electrons. The maximum Gasteiger partial charge on any atom is 0.329 e. The number of esters is 1. The van der Waals surface area contributed by atoms with Gasteiger partial charge in [0.15, 0.2) is 0 Å². The molecule has 18 heavy (non-hydrogen) atoms. The summed E-state index contributed by atoms with van der Waals surface area (Å²) in [5, 5.41) is 2.68. The molecule has 0 radical (unpaired) electrons. The number of rotatable bonds is 6. The van der Waals surface area contributed by atoms with E-state index in [4.69, 9.17) is 9.47 Å². The van der Waals surface area contributed by atoms with E-state index < -0.39 is 17.6 Å². The van der Waals surface area contributed by atoms with Crippen molar-refractivity contribution in [2.45, 2.75) is 52.7 Å². The van der Waals surface area contributed by atoms with Gasteiger partial charge >= 0.3 is 5.97 Å². The summed E-state index contributed by atoms with van der Waals surface area (Å²) in [6, 6.07) is -0.617. The fraction of sp³-hybridized carbons (Fsp3) is 0.846. The van der Waals surface area contributed by atoms with Gasteiger partial charge in [0.1, 0.15) is 11.6 Å². The molecule has 1 amide bonds. The minimum Gasteiger partial charge on any atom is -0.458 e. The first-order valence-electron chi connectivity index (χ1n) is 6.18. The summed E-state index contributed by atoms with van der Waals surface area (Å²) in [7, 11) is 1.53. The van der Waals surface area contributed by atoms with Crippen LogP contribution in [-0.2, 0) is 19.1 Å². The van der Waals surface area contributed by atoms with Crippen LogP contribution in [0.3, 0.4) is 0 Å². The van der Waals surface area contributed by atoms with E-state index in [-0.39, 0.29) is 18.2 Å². The van der Waals surface area contributed by atoms with Crippen LogP contribution in [0.4, 0.5) is 0 Å². The Morgan fingerprint density at radius 3 is 2.17 bits per heavy atom. The van der Waals surface area contributed by atoms with Crippen LogP contribution in [0.25, 0.3) is 0 Å². The largest absolute Gasteiger partial charge is 0.458 e. The summed E-state index contributed by atoms with van der Waals surface area (Å²) in [6.45, 7) is 9.47. The highest BCUT2D eigenvalue weighted by Crippen LogP contribution is 2.12. The molecule has 0 saturated heterocycles. The number of hydrogen-bond donors (Lipinski definition) is 1. The Morgan fingerprint density at radius 1 is 1.22 bits per heavy atom. The predicted molar refractivity (Wildman–Crippen MR) is 69.1 cm³/mol. The molecule has 1 atom stereocenters. The molecule has 0 rings (SSSR count). The van der Waals surface area contributed by atoms with Crippen molar-refractivity contribution in [1.29, 1.82) is 0 Å².